The molecule has 2 aromatic heterocycles. The lowest BCUT2D eigenvalue weighted by molar-refractivity contribution is -0.401. The molecule has 7 heteroatoms. The fourth-order valence-electron chi connectivity index (χ4n) is 1.93. The first kappa shape index (κ1) is 12.9. The Labute approximate surface area is 115 Å². The molecule has 1 saturated carbocycles. The van der Waals surface area contributed by atoms with E-state index < -0.39 is 4.92 Å². The van der Waals surface area contributed by atoms with Gasteiger partial charge in [-0.2, -0.15) is 0 Å². The molecule has 0 bridgehead atoms. The molecule has 0 amide bonds. The summed E-state index contributed by atoms with van der Waals surface area (Å²) in [5.41, 5.74) is 0. The van der Waals surface area contributed by atoms with Crippen molar-refractivity contribution in [1.29, 1.82) is 0 Å². The van der Waals surface area contributed by atoms with Crippen LogP contribution in [0.2, 0.25) is 0 Å². The molecule has 0 aromatic carbocycles. The Hall–Kier alpha value is -2.15. The minimum atomic E-state index is -0.579. The van der Waals surface area contributed by atoms with Gasteiger partial charge in [-0.3, -0.25) is 10.1 Å². The molecule has 0 atom stereocenters. The molecule has 1 N–H and O–H groups in total. The van der Waals surface area contributed by atoms with Crippen molar-refractivity contribution in [3.8, 4) is 11.5 Å². The molecule has 3 rings (SSSR count). The van der Waals surface area contributed by atoms with E-state index in [0.29, 0.717) is 23.5 Å². The van der Waals surface area contributed by atoms with Crippen LogP contribution in [-0.4, -0.2) is 22.5 Å². The highest BCUT2D eigenvalue weighted by atomic mass is 16.6. The third-order valence-electron chi connectivity index (χ3n) is 3.15. The summed E-state index contributed by atoms with van der Waals surface area (Å²) in [4.78, 5) is 14.1. The maximum Gasteiger partial charge on any atom is 0.433 e. The fraction of sp³-hybridized carbons (Fsp3) is 0.462. The zero-order valence-corrected chi connectivity index (χ0v) is 10.9. The molecule has 0 unspecified atom stereocenters. The lowest BCUT2D eigenvalue weighted by Gasteiger charge is -1.99. The summed E-state index contributed by atoms with van der Waals surface area (Å²) in [7, 11) is 0. The van der Waals surface area contributed by atoms with Crippen LogP contribution in [0.4, 0.5) is 5.88 Å². The van der Waals surface area contributed by atoms with E-state index in [0.717, 1.165) is 19.4 Å². The Morgan fingerprint density at radius 3 is 2.90 bits per heavy atom. The zero-order chi connectivity index (χ0) is 13.9. The second-order valence-electron chi connectivity index (χ2n) is 4.85. The minimum absolute atomic E-state index is 0.299. The summed E-state index contributed by atoms with van der Waals surface area (Å²) >= 11 is 0. The third kappa shape index (κ3) is 3.05. The predicted octanol–water partition coefficient (Wildman–Crippen LogP) is 2.53. The highest BCUT2D eigenvalue weighted by Gasteiger charge is 2.20. The first-order valence-electron chi connectivity index (χ1n) is 6.65. The molecule has 1 aliphatic carbocycles. The fourth-order valence-corrected chi connectivity index (χ4v) is 1.93. The standard InChI is InChI=1S/C13H15N3O4/c17-16(18)13-6-5-10(20-13)11-8-15-12(19-11)2-1-7-14-9-3-4-9/h5-6,8-9,14H,1-4,7H2. The number of aryl methyl sites for hydroxylation is 1. The highest BCUT2D eigenvalue weighted by Crippen LogP contribution is 2.26. The molecular weight excluding hydrogens is 262 g/mol. The quantitative estimate of drug-likeness (QED) is 0.474. The average molecular weight is 277 g/mol. The van der Waals surface area contributed by atoms with E-state index in [1.54, 1.807) is 0 Å². The van der Waals surface area contributed by atoms with Crippen molar-refractivity contribution < 1.29 is 13.8 Å². The molecule has 1 fully saturated rings. The van der Waals surface area contributed by atoms with Gasteiger partial charge in [0, 0.05) is 12.5 Å². The van der Waals surface area contributed by atoms with Crippen molar-refractivity contribution in [3.05, 3.63) is 34.3 Å². The molecule has 1 aliphatic rings. The number of oxazole rings is 1. The molecule has 7 nitrogen and oxygen atoms in total. The Kier molecular flexibility index (Phi) is 3.51. The van der Waals surface area contributed by atoms with Crippen LogP contribution in [0, 0.1) is 10.1 Å². The van der Waals surface area contributed by atoms with Crippen LogP contribution in [0.5, 0.6) is 0 Å². The average Bonchev–Trinajstić information content (AvgIpc) is 2.93. The van der Waals surface area contributed by atoms with Crippen molar-refractivity contribution in [1.82, 2.24) is 10.3 Å². The summed E-state index contributed by atoms with van der Waals surface area (Å²) < 4.78 is 10.6. The normalized spacial score (nSPS) is 14.6. The largest absolute Gasteiger partial charge is 0.437 e. The summed E-state index contributed by atoms with van der Waals surface area (Å²) in [5.74, 6) is 1.07. The summed E-state index contributed by atoms with van der Waals surface area (Å²) in [6, 6.07) is 3.52. The molecule has 2 heterocycles. The van der Waals surface area contributed by atoms with Crippen molar-refractivity contribution in [2.24, 2.45) is 0 Å². The number of nitrogens with zero attached hydrogens (tertiary/aromatic N) is 2. The lowest BCUT2D eigenvalue weighted by atomic mass is 10.3. The second-order valence-corrected chi connectivity index (χ2v) is 4.85. The van der Waals surface area contributed by atoms with Gasteiger partial charge in [-0.25, -0.2) is 4.98 Å². The van der Waals surface area contributed by atoms with Gasteiger partial charge in [0.2, 0.25) is 0 Å². The Balaban J connectivity index is 1.55. The summed E-state index contributed by atoms with van der Waals surface area (Å²) in [6.45, 7) is 0.953. The zero-order valence-electron chi connectivity index (χ0n) is 10.9. The predicted molar refractivity (Wildman–Crippen MR) is 70.2 cm³/mol. The van der Waals surface area contributed by atoms with Crippen LogP contribution in [-0.2, 0) is 6.42 Å². The Morgan fingerprint density at radius 1 is 1.35 bits per heavy atom. The summed E-state index contributed by atoms with van der Waals surface area (Å²) in [6.07, 6.45) is 5.78. The maximum absolute atomic E-state index is 10.5. The van der Waals surface area contributed by atoms with Crippen molar-refractivity contribution >= 4 is 5.88 Å². The molecule has 0 aliphatic heterocycles. The molecule has 20 heavy (non-hydrogen) atoms. The SMILES string of the molecule is O=[N+]([O-])c1ccc(-c2cnc(CCCNC3CC3)o2)o1. The van der Waals surface area contributed by atoms with Crippen LogP contribution in [0.15, 0.2) is 27.2 Å². The maximum atomic E-state index is 10.5. The van der Waals surface area contributed by atoms with E-state index in [1.807, 2.05) is 0 Å². The van der Waals surface area contributed by atoms with E-state index in [4.69, 9.17) is 8.83 Å². The Morgan fingerprint density at radius 2 is 2.20 bits per heavy atom. The molecule has 0 saturated heterocycles. The van der Waals surface area contributed by atoms with Gasteiger partial charge in [0.1, 0.15) is 4.92 Å². The number of aromatic nitrogens is 1. The number of hydrogen-bond acceptors (Lipinski definition) is 6. The van der Waals surface area contributed by atoms with E-state index in [1.165, 1.54) is 31.2 Å². The Bertz CT molecular complexity index is 600. The monoisotopic (exact) mass is 277 g/mol. The van der Waals surface area contributed by atoms with Crippen LogP contribution < -0.4 is 5.32 Å². The number of furan rings is 1. The third-order valence-corrected chi connectivity index (χ3v) is 3.15. The van der Waals surface area contributed by atoms with Gasteiger partial charge in [0.25, 0.3) is 0 Å². The molecule has 0 radical (unpaired) electrons. The first-order valence-corrected chi connectivity index (χ1v) is 6.65. The molecule has 0 spiro atoms. The topological polar surface area (TPSA) is 94.3 Å². The van der Waals surface area contributed by atoms with Gasteiger partial charge in [-0.15, -0.1) is 0 Å². The molecular formula is C13H15N3O4. The van der Waals surface area contributed by atoms with Crippen molar-refractivity contribution in [3.63, 3.8) is 0 Å². The highest BCUT2D eigenvalue weighted by molar-refractivity contribution is 5.50. The smallest absolute Gasteiger partial charge is 0.433 e. The molecule has 106 valence electrons. The van der Waals surface area contributed by atoms with Gasteiger partial charge in [-0.05, 0) is 31.9 Å². The van der Waals surface area contributed by atoms with Crippen molar-refractivity contribution in [2.45, 2.75) is 31.7 Å². The second kappa shape index (κ2) is 5.46. The first-order chi connectivity index (χ1) is 9.72. The number of nitrogens with one attached hydrogen (secondary N) is 1. The van der Waals surface area contributed by atoms with Gasteiger partial charge < -0.3 is 14.2 Å². The van der Waals surface area contributed by atoms with E-state index >= 15 is 0 Å². The van der Waals surface area contributed by atoms with Crippen LogP contribution >= 0.6 is 0 Å². The van der Waals surface area contributed by atoms with E-state index in [9.17, 15) is 10.1 Å². The number of rotatable bonds is 7. The van der Waals surface area contributed by atoms with Crippen LogP contribution in [0.25, 0.3) is 11.5 Å². The lowest BCUT2D eigenvalue weighted by Crippen LogP contribution is -2.17. The van der Waals surface area contributed by atoms with Gasteiger partial charge in [0.05, 0.1) is 12.3 Å². The number of hydrogen-bond donors (Lipinski definition) is 1. The van der Waals surface area contributed by atoms with Gasteiger partial charge >= 0.3 is 5.88 Å². The van der Waals surface area contributed by atoms with Gasteiger partial charge in [-0.1, -0.05) is 0 Å². The van der Waals surface area contributed by atoms with Crippen molar-refractivity contribution in [2.75, 3.05) is 6.54 Å². The van der Waals surface area contributed by atoms with E-state index in [-0.39, 0.29) is 5.88 Å². The number of nitro groups is 1. The summed E-state index contributed by atoms with van der Waals surface area (Å²) in [5, 5.41) is 14.0. The minimum Gasteiger partial charge on any atom is -0.437 e. The van der Waals surface area contributed by atoms with Gasteiger partial charge in [0.15, 0.2) is 17.4 Å². The van der Waals surface area contributed by atoms with Crippen LogP contribution in [0.1, 0.15) is 25.2 Å². The van der Waals surface area contributed by atoms with E-state index in [2.05, 4.69) is 10.3 Å². The van der Waals surface area contributed by atoms with Crippen LogP contribution in [0.3, 0.4) is 0 Å². The molecule has 2 aromatic rings.